The Morgan fingerprint density at radius 1 is 1.11 bits per heavy atom. The molecule has 0 heterocycles. The monoisotopic (exact) mass is 284 g/mol. The van der Waals surface area contributed by atoms with Gasteiger partial charge in [0.05, 0.1) is 5.75 Å². The van der Waals surface area contributed by atoms with Gasteiger partial charge in [-0.3, -0.25) is 4.72 Å². The third-order valence-corrected chi connectivity index (χ3v) is 4.13. The standard InChI is InChI=1S/C14H24N2O2S/c1-3-5-6-13-7-9-14(10-8-13)16-19(17,18)12-11-15-4-2/h7-10,15-16H,3-6,11-12H2,1-2H3. The van der Waals surface area contributed by atoms with E-state index < -0.39 is 10.0 Å². The lowest BCUT2D eigenvalue weighted by molar-refractivity contribution is 0.597. The number of sulfonamides is 1. The first-order chi connectivity index (χ1) is 9.07. The van der Waals surface area contributed by atoms with E-state index in [-0.39, 0.29) is 5.75 Å². The van der Waals surface area contributed by atoms with Gasteiger partial charge in [0.2, 0.25) is 10.0 Å². The van der Waals surface area contributed by atoms with Gasteiger partial charge >= 0.3 is 0 Å². The molecule has 108 valence electrons. The van der Waals surface area contributed by atoms with Crippen molar-refractivity contribution in [1.82, 2.24) is 5.32 Å². The van der Waals surface area contributed by atoms with Crippen molar-refractivity contribution in [3.05, 3.63) is 29.8 Å². The summed E-state index contributed by atoms with van der Waals surface area (Å²) >= 11 is 0. The highest BCUT2D eigenvalue weighted by molar-refractivity contribution is 7.92. The lowest BCUT2D eigenvalue weighted by Gasteiger charge is -2.09. The molecular weight excluding hydrogens is 260 g/mol. The summed E-state index contributed by atoms with van der Waals surface area (Å²) < 4.78 is 26.2. The van der Waals surface area contributed by atoms with Crippen molar-refractivity contribution < 1.29 is 8.42 Å². The average Bonchev–Trinajstić information content (AvgIpc) is 2.38. The Balaban J connectivity index is 2.52. The predicted molar refractivity (Wildman–Crippen MR) is 81.0 cm³/mol. The van der Waals surface area contributed by atoms with Gasteiger partial charge in [-0.15, -0.1) is 0 Å². The number of nitrogens with one attached hydrogen (secondary N) is 2. The fourth-order valence-corrected chi connectivity index (χ4v) is 2.74. The molecule has 0 fully saturated rings. The maximum atomic E-state index is 11.8. The summed E-state index contributed by atoms with van der Waals surface area (Å²) in [7, 11) is -3.25. The Morgan fingerprint density at radius 2 is 1.79 bits per heavy atom. The minimum Gasteiger partial charge on any atom is -0.316 e. The summed E-state index contributed by atoms with van der Waals surface area (Å²) in [5, 5.41) is 3.00. The van der Waals surface area contributed by atoms with Crippen molar-refractivity contribution in [3.8, 4) is 0 Å². The van der Waals surface area contributed by atoms with E-state index >= 15 is 0 Å². The third kappa shape index (κ3) is 6.59. The molecule has 0 amide bonds. The molecule has 19 heavy (non-hydrogen) atoms. The quantitative estimate of drug-likeness (QED) is 0.685. The minimum absolute atomic E-state index is 0.0957. The summed E-state index contributed by atoms with van der Waals surface area (Å²) in [5.74, 6) is 0.0957. The van der Waals surface area contributed by atoms with Crippen LogP contribution in [0.2, 0.25) is 0 Å². The van der Waals surface area contributed by atoms with Crippen molar-refractivity contribution in [2.75, 3.05) is 23.6 Å². The summed E-state index contributed by atoms with van der Waals surface area (Å²) in [5.41, 5.74) is 1.88. The Labute approximate surface area is 116 Å². The molecule has 1 rings (SSSR count). The highest BCUT2D eigenvalue weighted by atomic mass is 32.2. The molecule has 2 N–H and O–H groups in total. The Kier molecular flexibility index (Phi) is 6.87. The lowest BCUT2D eigenvalue weighted by atomic mass is 10.1. The van der Waals surface area contributed by atoms with Gasteiger partial charge in [-0.05, 0) is 37.1 Å². The molecule has 0 saturated heterocycles. The zero-order valence-electron chi connectivity index (χ0n) is 11.8. The maximum Gasteiger partial charge on any atom is 0.233 e. The van der Waals surface area contributed by atoms with Crippen LogP contribution in [0.5, 0.6) is 0 Å². The van der Waals surface area contributed by atoms with E-state index in [1.807, 2.05) is 31.2 Å². The number of aryl methyl sites for hydroxylation is 1. The van der Waals surface area contributed by atoms with E-state index in [0.717, 1.165) is 19.4 Å². The molecule has 0 aromatic heterocycles. The van der Waals surface area contributed by atoms with Crippen LogP contribution in [0.25, 0.3) is 0 Å². The Hall–Kier alpha value is -1.07. The second-order valence-corrected chi connectivity index (χ2v) is 6.42. The highest BCUT2D eigenvalue weighted by Crippen LogP contribution is 2.13. The van der Waals surface area contributed by atoms with Crippen LogP contribution in [-0.4, -0.2) is 27.3 Å². The molecule has 0 bridgehead atoms. The average molecular weight is 284 g/mol. The van der Waals surface area contributed by atoms with Crippen LogP contribution in [0.3, 0.4) is 0 Å². The normalized spacial score (nSPS) is 11.5. The molecule has 0 aliphatic rings. The van der Waals surface area contributed by atoms with E-state index in [1.165, 1.54) is 12.0 Å². The van der Waals surface area contributed by atoms with Crippen LogP contribution >= 0.6 is 0 Å². The number of benzene rings is 1. The first-order valence-electron chi connectivity index (χ1n) is 6.87. The van der Waals surface area contributed by atoms with Gasteiger partial charge < -0.3 is 5.32 Å². The van der Waals surface area contributed by atoms with Crippen LogP contribution in [-0.2, 0) is 16.4 Å². The first-order valence-corrected chi connectivity index (χ1v) is 8.52. The molecule has 0 aliphatic carbocycles. The highest BCUT2D eigenvalue weighted by Gasteiger charge is 2.09. The summed E-state index contributed by atoms with van der Waals surface area (Å²) in [6.07, 6.45) is 3.37. The molecule has 1 aromatic rings. The summed E-state index contributed by atoms with van der Waals surface area (Å²) in [6.45, 7) is 5.37. The Morgan fingerprint density at radius 3 is 2.37 bits per heavy atom. The molecule has 0 unspecified atom stereocenters. The summed E-state index contributed by atoms with van der Waals surface area (Å²) in [6, 6.07) is 7.63. The van der Waals surface area contributed by atoms with Crippen LogP contribution in [0.15, 0.2) is 24.3 Å². The van der Waals surface area contributed by atoms with Gasteiger partial charge in [0.15, 0.2) is 0 Å². The van der Waals surface area contributed by atoms with E-state index in [0.29, 0.717) is 12.2 Å². The maximum absolute atomic E-state index is 11.8. The topological polar surface area (TPSA) is 58.2 Å². The molecule has 0 saturated carbocycles. The molecular formula is C14H24N2O2S. The third-order valence-electron chi connectivity index (χ3n) is 2.84. The van der Waals surface area contributed by atoms with E-state index in [4.69, 9.17) is 0 Å². The first kappa shape index (κ1) is 16.0. The van der Waals surface area contributed by atoms with Crippen LogP contribution in [0, 0.1) is 0 Å². The molecule has 5 heteroatoms. The molecule has 0 radical (unpaired) electrons. The number of hydrogen-bond acceptors (Lipinski definition) is 3. The lowest BCUT2D eigenvalue weighted by Crippen LogP contribution is -2.26. The van der Waals surface area contributed by atoms with Crippen molar-refractivity contribution in [2.24, 2.45) is 0 Å². The van der Waals surface area contributed by atoms with Crippen molar-refractivity contribution >= 4 is 15.7 Å². The second kappa shape index (κ2) is 8.17. The number of rotatable bonds is 9. The fraction of sp³-hybridized carbons (Fsp3) is 0.571. The van der Waals surface area contributed by atoms with Crippen LogP contribution in [0.4, 0.5) is 5.69 Å². The van der Waals surface area contributed by atoms with Gasteiger partial charge in [0.25, 0.3) is 0 Å². The van der Waals surface area contributed by atoms with Crippen molar-refractivity contribution in [2.45, 2.75) is 33.1 Å². The van der Waals surface area contributed by atoms with Crippen molar-refractivity contribution in [3.63, 3.8) is 0 Å². The minimum atomic E-state index is -3.25. The SMILES string of the molecule is CCCCc1ccc(NS(=O)(=O)CCNCC)cc1. The van der Waals surface area contributed by atoms with Gasteiger partial charge in [-0.2, -0.15) is 0 Å². The number of hydrogen-bond donors (Lipinski definition) is 2. The van der Waals surface area contributed by atoms with E-state index in [2.05, 4.69) is 17.0 Å². The fourth-order valence-electron chi connectivity index (χ4n) is 1.73. The van der Waals surface area contributed by atoms with E-state index in [9.17, 15) is 8.42 Å². The van der Waals surface area contributed by atoms with Gasteiger partial charge in [0.1, 0.15) is 0 Å². The van der Waals surface area contributed by atoms with Gasteiger partial charge in [-0.1, -0.05) is 32.4 Å². The largest absolute Gasteiger partial charge is 0.316 e. The van der Waals surface area contributed by atoms with Gasteiger partial charge in [-0.25, -0.2) is 8.42 Å². The van der Waals surface area contributed by atoms with E-state index in [1.54, 1.807) is 0 Å². The zero-order chi connectivity index (χ0) is 14.1. The van der Waals surface area contributed by atoms with Crippen LogP contribution < -0.4 is 10.0 Å². The Bertz CT molecular complexity index is 455. The smallest absolute Gasteiger partial charge is 0.233 e. The molecule has 1 aromatic carbocycles. The zero-order valence-corrected chi connectivity index (χ0v) is 12.6. The second-order valence-electron chi connectivity index (χ2n) is 4.57. The molecule has 0 spiro atoms. The molecule has 0 aliphatic heterocycles. The molecule has 4 nitrogen and oxygen atoms in total. The predicted octanol–water partition coefficient (Wildman–Crippen LogP) is 2.38. The van der Waals surface area contributed by atoms with Gasteiger partial charge in [0, 0.05) is 12.2 Å². The van der Waals surface area contributed by atoms with Crippen molar-refractivity contribution in [1.29, 1.82) is 0 Å². The molecule has 0 atom stereocenters. The summed E-state index contributed by atoms with van der Waals surface area (Å²) in [4.78, 5) is 0. The number of anilines is 1. The van der Waals surface area contributed by atoms with Crippen LogP contribution in [0.1, 0.15) is 32.3 Å². The number of unbranched alkanes of at least 4 members (excludes halogenated alkanes) is 1.